The molecule has 102 valence electrons. The highest BCUT2D eigenvalue weighted by Crippen LogP contribution is 2.25. The summed E-state index contributed by atoms with van der Waals surface area (Å²) in [5.74, 6) is -0.268. The zero-order valence-corrected chi connectivity index (χ0v) is 10.7. The average molecular weight is 264 g/mol. The number of nitro groups is 1. The van der Waals surface area contributed by atoms with E-state index >= 15 is 0 Å². The van der Waals surface area contributed by atoms with E-state index in [0.29, 0.717) is 12.1 Å². The van der Waals surface area contributed by atoms with Gasteiger partial charge in [-0.15, -0.1) is 0 Å². The molecule has 1 aromatic rings. The van der Waals surface area contributed by atoms with Crippen LogP contribution in [-0.4, -0.2) is 35.5 Å². The van der Waals surface area contributed by atoms with Crippen LogP contribution in [0.25, 0.3) is 0 Å². The molecular formula is C13H16N2O4. The third-order valence-corrected chi connectivity index (χ3v) is 3.40. The molecule has 1 aliphatic heterocycles. The van der Waals surface area contributed by atoms with Crippen LogP contribution < -0.4 is 0 Å². The molecule has 0 N–H and O–H groups in total. The minimum Gasteiger partial charge on any atom is -0.468 e. The molecule has 1 saturated heterocycles. The lowest BCUT2D eigenvalue weighted by Gasteiger charge is -2.22. The molecule has 19 heavy (non-hydrogen) atoms. The van der Waals surface area contributed by atoms with Gasteiger partial charge in [0.05, 0.1) is 12.0 Å². The SMILES string of the molecule is COC(=O)[C@@H]1CCCN1Cc1ccccc1[N+](=O)[O-]. The Kier molecular flexibility index (Phi) is 4.11. The van der Waals surface area contributed by atoms with Gasteiger partial charge in [-0.05, 0) is 19.4 Å². The quantitative estimate of drug-likeness (QED) is 0.470. The summed E-state index contributed by atoms with van der Waals surface area (Å²) < 4.78 is 4.77. The molecule has 2 rings (SSSR count). The largest absolute Gasteiger partial charge is 0.468 e. The number of rotatable bonds is 4. The minimum atomic E-state index is -0.390. The van der Waals surface area contributed by atoms with Crippen LogP contribution in [0.3, 0.4) is 0 Å². The molecule has 0 amide bonds. The fourth-order valence-electron chi connectivity index (χ4n) is 2.46. The number of methoxy groups -OCH3 is 1. The Labute approximate surface area is 111 Å². The number of likely N-dealkylation sites (tertiary alicyclic amines) is 1. The number of carbonyl (C=O) groups is 1. The molecule has 6 nitrogen and oxygen atoms in total. The Bertz CT molecular complexity index is 489. The van der Waals surface area contributed by atoms with Crippen LogP contribution in [0.4, 0.5) is 5.69 Å². The summed E-state index contributed by atoms with van der Waals surface area (Å²) in [6, 6.07) is 6.34. The predicted molar refractivity (Wildman–Crippen MR) is 68.5 cm³/mol. The summed E-state index contributed by atoms with van der Waals surface area (Å²) in [6.07, 6.45) is 1.65. The van der Waals surface area contributed by atoms with Gasteiger partial charge in [0, 0.05) is 18.2 Å². The third-order valence-electron chi connectivity index (χ3n) is 3.40. The molecule has 1 fully saturated rings. The van der Waals surface area contributed by atoms with E-state index in [-0.39, 0.29) is 17.7 Å². The molecule has 1 heterocycles. The van der Waals surface area contributed by atoms with E-state index in [1.54, 1.807) is 18.2 Å². The van der Waals surface area contributed by atoms with Gasteiger partial charge < -0.3 is 4.74 Å². The lowest BCUT2D eigenvalue weighted by atomic mass is 10.1. The number of nitro benzene ring substituents is 1. The maximum atomic E-state index is 11.6. The molecule has 0 radical (unpaired) electrons. The second-order valence-corrected chi connectivity index (χ2v) is 4.54. The summed E-state index contributed by atoms with van der Waals surface area (Å²) in [5, 5.41) is 11.0. The zero-order valence-electron chi connectivity index (χ0n) is 10.7. The number of ether oxygens (including phenoxy) is 1. The molecule has 0 unspecified atom stereocenters. The second-order valence-electron chi connectivity index (χ2n) is 4.54. The van der Waals surface area contributed by atoms with Gasteiger partial charge in [-0.3, -0.25) is 19.8 Å². The van der Waals surface area contributed by atoms with Crippen LogP contribution in [-0.2, 0) is 16.1 Å². The van der Waals surface area contributed by atoms with Crippen molar-refractivity contribution in [1.29, 1.82) is 0 Å². The monoisotopic (exact) mass is 264 g/mol. The van der Waals surface area contributed by atoms with Crippen molar-refractivity contribution in [2.45, 2.75) is 25.4 Å². The van der Waals surface area contributed by atoms with E-state index in [1.807, 2.05) is 4.90 Å². The highest BCUT2D eigenvalue weighted by atomic mass is 16.6. The third kappa shape index (κ3) is 2.90. The number of hydrogen-bond donors (Lipinski definition) is 0. The summed E-state index contributed by atoms with van der Waals surface area (Å²) in [6.45, 7) is 1.16. The maximum Gasteiger partial charge on any atom is 0.323 e. The van der Waals surface area contributed by atoms with Crippen LogP contribution in [0.15, 0.2) is 24.3 Å². The fraction of sp³-hybridized carbons (Fsp3) is 0.462. The number of hydrogen-bond acceptors (Lipinski definition) is 5. The Hall–Kier alpha value is -1.95. The van der Waals surface area contributed by atoms with Crippen LogP contribution in [0, 0.1) is 10.1 Å². The van der Waals surface area contributed by atoms with Crippen molar-refractivity contribution < 1.29 is 14.5 Å². The Morgan fingerprint density at radius 2 is 2.26 bits per heavy atom. The fourth-order valence-corrected chi connectivity index (χ4v) is 2.46. The van der Waals surface area contributed by atoms with E-state index < -0.39 is 4.92 Å². The van der Waals surface area contributed by atoms with Crippen LogP contribution >= 0.6 is 0 Å². The Morgan fingerprint density at radius 3 is 2.95 bits per heavy atom. The molecule has 1 aliphatic rings. The molecule has 6 heteroatoms. The van der Waals surface area contributed by atoms with Gasteiger partial charge in [-0.1, -0.05) is 18.2 Å². The standard InChI is InChI=1S/C13H16N2O4/c1-19-13(16)12-7-4-8-14(12)9-10-5-2-3-6-11(10)15(17)18/h2-3,5-6,12H,4,7-9H2,1H3/t12-/m0/s1. The molecule has 0 spiro atoms. The van der Waals surface area contributed by atoms with Crippen molar-refractivity contribution in [3.8, 4) is 0 Å². The summed E-state index contributed by atoms with van der Waals surface area (Å²) in [4.78, 5) is 24.1. The zero-order chi connectivity index (χ0) is 13.8. The first kappa shape index (κ1) is 13.5. The van der Waals surface area contributed by atoms with Crippen molar-refractivity contribution in [2.24, 2.45) is 0 Å². The lowest BCUT2D eigenvalue weighted by Crippen LogP contribution is -2.36. The van der Waals surface area contributed by atoms with Crippen molar-refractivity contribution in [2.75, 3.05) is 13.7 Å². The van der Waals surface area contributed by atoms with Crippen molar-refractivity contribution in [3.63, 3.8) is 0 Å². The number of para-hydroxylation sites is 1. The highest BCUT2D eigenvalue weighted by Gasteiger charge is 2.32. The number of benzene rings is 1. The first-order valence-electron chi connectivity index (χ1n) is 6.17. The Morgan fingerprint density at radius 1 is 1.53 bits per heavy atom. The lowest BCUT2D eigenvalue weighted by molar-refractivity contribution is -0.385. The van der Waals surface area contributed by atoms with Gasteiger partial charge in [0.2, 0.25) is 0 Å². The molecule has 0 aliphatic carbocycles. The Balaban J connectivity index is 2.17. The molecule has 0 bridgehead atoms. The number of carbonyl (C=O) groups excluding carboxylic acids is 1. The number of esters is 1. The molecule has 0 saturated carbocycles. The van der Waals surface area contributed by atoms with Gasteiger partial charge in [-0.25, -0.2) is 0 Å². The normalized spacial score (nSPS) is 19.3. The first-order chi connectivity index (χ1) is 9.13. The summed E-state index contributed by atoms with van der Waals surface area (Å²) in [7, 11) is 1.36. The summed E-state index contributed by atoms with van der Waals surface area (Å²) >= 11 is 0. The van der Waals surface area contributed by atoms with Gasteiger partial charge >= 0.3 is 5.97 Å². The van der Waals surface area contributed by atoms with Crippen LogP contribution in [0.5, 0.6) is 0 Å². The van der Waals surface area contributed by atoms with Gasteiger partial charge in [0.1, 0.15) is 6.04 Å². The van der Waals surface area contributed by atoms with E-state index in [9.17, 15) is 14.9 Å². The highest BCUT2D eigenvalue weighted by molar-refractivity contribution is 5.76. The van der Waals surface area contributed by atoms with E-state index in [0.717, 1.165) is 19.4 Å². The molecule has 0 aromatic heterocycles. The second kappa shape index (κ2) is 5.79. The smallest absolute Gasteiger partial charge is 0.323 e. The van der Waals surface area contributed by atoms with Crippen molar-refractivity contribution in [3.05, 3.63) is 39.9 Å². The van der Waals surface area contributed by atoms with E-state index in [4.69, 9.17) is 4.74 Å². The maximum absolute atomic E-state index is 11.6. The minimum absolute atomic E-state index is 0.0954. The first-order valence-corrected chi connectivity index (χ1v) is 6.17. The van der Waals surface area contributed by atoms with Crippen molar-refractivity contribution in [1.82, 2.24) is 4.90 Å². The molecular weight excluding hydrogens is 248 g/mol. The molecule has 1 atom stereocenters. The van der Waals surface area contributed by atoms with Gasteiger partial charge in [0.15, 0.2) is 0 Å². The van der Waals surface area contributed by atoms with Gasteiger partial charge in [-0.2, -0.15) is 0 Å². The summed E-state index contributed by atoms with van der Waals surface area (Å²) in [5.41, 5.74) is 0.723. The topological polar surface area (TPSA) is 72.7 Å². The molecule has 1 aromatic carbocycles. The van der Waals surface area contributed by atoms with Crippen LogP contribution in [0.1, 0.15) is 18.4 Å². The van der Waals surface area contributed by atoms with Gasteiger partial charge in [0.25, 0.3) is 5.69 Å². The number of nitrogens with zero attached hydrogens (tertiary/aromatic N) is 2. The average Bonchev–Trinajstić information content (AvgIpc) is 2.86. The predicted octanol–water partition coefficient (Wildman–Crippen LogP) is 1.73. The van der Waals surface area contributed by atoms with Crippen molar-refractivity contribution >= 4 is 11.7 Å². The van der Waals surface area contributed by atoms with E-state index in [2.05, 4.69) is 0 Å². The van der Waals surface area contributed by atoms with E-state index in [1.165, 1.54) is 13.2 Å². The van der Waals surface area contributed by atoms with Crippen LogP contribution in [0.2, 0.25) is 0 Å².